The first-order valence-electron chi connectivity index (χ1n) is 34.3. The molecule has 0 N–H and O–H groups in total. The number of rotatable bonds is 5. The van der Waals surface area contributed by atoms with E-state index >= 15 is 0 Å². The van der Waals surface area contributed by atoms with Crippen molar-refractivity contribution in [2.24, 2.45) is 0 Å². The van der Waals surface area contributed by atoms with Crippen LogP contribution in [0, 0.1) is 0 Å². The first kappa shape index (κ1) is 12.7. The molecule has 0 spiro atoms. The van der Waals surface area contributed by atoms with E-state index in [2.05, 4.69) is 0 Å². The molecule has 12 rings (SSSR count). The van der Waals surface area contributed by atoms with Crippen molar-refractivity contribution in [3.05, 3.63) is 211 Å². The highest BCUT2D eigenvalue weighted by molar-refractivity contribution is 6.16. The zero-order chi connectivity index (χ0) is 67.9. The Hall–Kier alpha value is -7.62. The molecule has 0 unspecified atom stereocenters. The first-order chi connectivity index (χ1) is 42.9. The molecule has 0 saturated carbocycles. The second kappa shape index (κ2) is 12.5. The fraction of sp³-hybridized carbons (Fsp3) is 0. The summed E-state index contributed by atoms with van der Waals surface area (Å²) >= 11 is 0. The predicted octanol–water partition coefficient (Wildman–Crippen LogP) is 14.3. The van der Waals surface area contributed by atoms with E-state index < -0.39 is 316 Å². The molecule has 0 aliphatic heterocycles. The molecule has 3 heterocycles. The van der Waals surface area contributed by atoms with Crippen molar-refractivity contribution in [1.82, 2.24) is 13.7 Å². The Morgan fingerprint density at radius 2 is 0.719 bits per heavy atom. The number of aromatic nitrogens is 3. The normalized spacial score (nSPS) is 20.5. The van der Waals surface area contributed by atoms with Gasteiger partial charge in [-0.15, -0.1) is 0 Å². The smallest absolute Gasteiger partial charge is 0.0782 e. The van der Waals surface area contributed by atoms with Gasteiger partial charge in [0, 0.05) is 49.1 Å². The number of hydrogen-bond acceptors (Lipinski definition) is 0. The topological polar surface area (TPSA) is 14.8 Å². The van der Waals surface area contributed by atoms with Crippen LogP contribution in [0.1, 0.15) is 48.0 Å². The number of hydrogen-bond donors (Lipinski definition) is 0. The summed E-state index contributed by atoms with van der Waals surface area (Å²) < 4.78 is 326. The van der Waals surface area contributed by atoms with Gasteiger partial charge < -0.3 is 13.7 Å². The van der Waals surface area contributed by atoms with Gasteiger partial charge in [0.25, 0.3) is 0 Å². The number of benzene rings is 9. The molecule has 0 bridgehead atoms. The zero-order valence-electron chi connectivity index (χ0n) is 63.3. The van der Waals surface area contributed by atoms with Gasteiger partial charge in [0.2, 0.25) is 0 Å². The van der Waals surface area contributed by atoms with Crippen LogP contribution in [0.4, 0.5) is 0 Å². The second-order valence-corrected chi connectivity index (χ2v) is 12.3. The molecule has 0 amide bonds. The molecule has 57 heavy (non-hydrogen) atoms. The Kier molecular flexibility index (Phi) is 2.78. The summed E-state index contributed by atoms with van der Waals surface area (Å²) in [5.74, 6) is 0. The molecular weight excluding hydrogens is 691 g/mol. The number of nitrogens with zero attached hydrogens (tertiary/aromatic N) is 3. The zero-order valence-corrected chi connectivity index (χ0v) is 28.3. The van der Waals surface area contributed by atoms with Crippen molar-refractivity contribution >= 4 is 65.4 Å². The maximum absolute atomic E-state index is 10.7. The summed E-state index contributed by atoms with van der Waals surface area (Å²) in [5, 5.41) is -4.35. The molecule has 9 aromatic carbocycles. The van der Waals surface area contributed by atoms with Crippen LogP contribution in [0.3, 0.4) is 0 Å². The minimum Gasteiger partial charge on any atom is -0.308 e. The van der Waals surface area contributed by atoms with Gasteiger partial charge in [-0.2, -0.15) is 0 Å². The molecule has 3 heteroatoms. The van der Waals surface area contributed by atoms with Crippen molar-refractivity contribution in [3.63, 3.8) is 0 Å². The number of fused-ring (bicyclic) bond motifs is 9. The van der Waals surface area contributed by atoms with Gasteiger partial charge in [0.05, 0.1) is 92.5 Å². The third kappa shape index (κ3) is 4.66. The van der Waals surface area contributed by atoms with Gasteiger partial charge in [-0.05, 0) is 53.4 Å². The average Bonchev–Trinajstić information content (AvgIpc) is 1.49. The van der Waals surface area contributed by atoms with E-state index in [0.717, 1.165) is 0 Å². The van der Waals surface area contributed by atoms with E-state index in [1.165, 1.54) is 0 Å². The van der Waals surface area contributed by atoms with Crippen LogP contribution in [-0.4, -0.2) is 13.7 Å². The van der Waals surface area contributed by atoms with Crippen LogP contribution in [0.25, 0.3) is 105 Å². The highest BCUT2D eigenvalue weighted by atomic mass is 15.1. The van der Waals surface area contributed by atoms with Gasteiger partial charge in [0.15, 0.2) is 0 Å². The molecule has 0 atom stereocenters. The minimum atomic E-state index is -1.28. The molecular formula is C54H35N3. The molecule has 0 aliphatic rings. The summed E-state index contributed by atoms with van der Waals surface area (Å²) in [4.78, 5) is 0. The number of para-hydroxylation sites is 6. The van der Waals surface area contributed by atoms with Crippen molar-refractivity contribution in [1.29, 1.82) is 0 Å². The van der Waals surface area contributed by atoms with E-state index in [1.807, 2.05) is 0 Å². The van der Waals surface area contributed by atoms with Crippen LogP contribution in [0.2, 0.25) is 0 Å². The highest BCUT2D eigenvalue weighted by Gasteiger charge is 2.23. The summed E-state index contributed by atoms with van der Waals surface area (Å²) in [6.07, 6.45) is 0. The lowest BCUT2D eigenvalue weighted by Gasteiger charge is -2.19. The van der Waals surface area contributed by atoms with Crippen LogP contribution >= 0.6 is 0 Å². The van der Waals surface area contributed by atoms with Gasteiger partial charge in [-0.1, -0.05) is 169 Å². The lowest BCUT2D eigenvalue weighted by atomic mass is 9.95. The van der Waals surface area contributed by atoms with E-state index in [9.17, 15) is 26.0 Å². The highest BCUT2D eigenvalue weighted by Crippen LogP contribution is 2.44. The lowest BCUT2D eigenvalue weighted by molar-refractivity contribution is 1.13. The minimum absolute atomic E-state index is 0.574. The van der Waals surface area contributed by atoms with Crippen molar-refractivity contribution < 1.29 is 48.0 Å². The van der Waals surface area contributed by atoms with Gasteiger partial charge in [0.1, 0.15) is 0 Å². The third-order valence-corrected chi connectivity index (χ3v) is 9.39. The van der Waals surface area contributed by atoms with Crippen molar-refractivity contribution in [2.75, 3.05) is 0 Å². The van der Waals surface area contributed by atoms with Crippen LogP contribution < -0.4 is 0 Å². The SMILES string of the molecule is [2H]c1c([2H])c([2H])c(-c2c([2H])c([2H])c([2H])c(-c3c([2H])c([2H])c([2H])c([2H])c3[2H])c2-n2c3c([2H])c([2H])c([2H])c([2H])c3c3c([2H])c([2H])c(-n4c5c([2H])c([2H])c([2H])c([2H])c5c5c([2H])c([2H])c([2H])c(-n6c7c([2H])c([2H])c([2H])c([2H])c7c7c([2H])c([2H])c([2H])c([2H])c76)c54)c([2H])c32)c([2H])c1[2H]. The standard InChI is InChI=1S/C54H35N3/c1-3-17-36(18-4-1)39-25-15-26-40(37-19-5-2-6-20-37)53(39)57-50-31-14-9-23-43(50)45-34-33-38(35-52(45)57)55-47-28-11-10-24-44(47)46-27-16-32-51(54(46)55)56-48-29-12-7-21-41(48)42-22-8-13-30-49(42)56/h1-35H/i1D,2D,3D,4D,5D,6D,7D,8D,9D,10D,11D,12D,13D,14D,15D,16D,17D,18D,19D,20D,21D,22D,23D,24D,25D,26D,27D,28D,29D,30D,31D,32D,33D,34D,35D. The Morgan fingerprint density at radius 3 is 1.28 bits per heavy atom. The fourth-order valence-corrected chi connectivity index (χ4v) is 7.16. The maximum atomic E-state index is 10.7. The maximum Gasteiger partial charge on any atom is 0.0782 e. The molecule has 12 aromatic rings. The lowest BCUT2D eigenvalue weighted by Crippen LogP contribution is -2.02. The van der Waals surface area contributed by atoms with Gasteiger partial charge in [-0.25, -0.2) is 0 Å². The fourth-order valence-electron chi connectivity index (χ4n) is 7.16. The summed E-state index contributed by atoms with van der Waals surface area (Å²) in [5.41, 5.74) is -12.4. The Labute approximate surface area is 378 Å². The Bertz CT molecular complexity index is 5350. The molecule has 0 radical (unpaired) electrons. The van der Waals surface area contributed by atoms with E-state index in [-0.39, 0.29) is 0 Å². The van der Waals surface area contributed by atoms with E-state index in [4.69, 9.17) is 21.9 Å². The summed E-state index contributed by atoms with van der Waals surface area (Å²) in [7, 11) is 0. The van der Waals surface area contributed by atoms with Crippen molar-refractivity contribution in [3.8, 4) is 39.3 Å². The Balaban J connectivity index is 1.47. The third-order valence-electron chi connectivity index (χ3n) is 9.39. The van der Waals surface area contributed by atoms with Crippen molar-refractivity contribution in [2.45, 2.75) is 0 Å². The molecule has 0 fully saturated rings. The van der Waals surface area contributed by atoms with Gasteiger partial charge in [-0.3, -0.25) is 0 Å². The summed E-state index contributed by atoms with van der Waals surface area (Å²) in [6, 6.07) is -37.8. The monoisotopic (exact) mass is 761 g/mol. The van der Waals surface area contributed by atoms with Crippen LogP contribution in [0.5, 0.6) is 0 Å². The Morgan fingerprint density at radius 1 is 0.298 bits per heavy atom. The average molecular weight is 761 g/mol. The largest absolute Gasteiger partial charge is 0.308 e. The van der Waals surface area contributed by atoms with Crippen LogP contribution in [0.15, 0.2) is 211 Å². The van der Waals surface area contributed by atoms with Gasteiger partial charge >= 0.3 is 0 Å². The molecule has 266 valence electrons. The second-order valence-electron chi connectivity index (χ2n) is 12.3. The predicted molar refractivity (Wildman–Crippen MR) is 240 cm³/mol. The summed E-state index contributed by atoms with van der Waals surface area (Å²) in [6.45, 7) is 0. The van der Waals surface area contributed by atoms with E-state index in [1.54, 1.807) is 0 Å². The quantitative estimate of drug-likeness (QED) is 0.166. The first-order valence-corrected chi connectivity index (χ1v) is 16.8. The molecule has 3 aromatic heterocycles. The van der Waals surface area contributed by atoms with E-state index in [0.29, 0.717) is 13.7 Å². The molecule has 3 nitrogen and oxygen atoms in total. The molecule has 0 saturated heterocycles. The van der Waals surface area contributed by atoms with Crippen LogP contribution in [-0.2, 0) is 0 Å². The molecule has 0 aliphatic carbocycles.